The van der Waals surface area contributed by atoms with E-state index in [0.717, 1.165) is 0 Å². The number of nitrogens with one attached hydrogen (secondary N) is 1. The minimum absolute atomic E-state index is 0.0101. The van der Waals surface area contributed by atoms with Gasteiger partial charge in [0.15, 0.2) is 0 Å². The summed E-state index contributed by atoms with van der Waals surface area (Å²) in [4.78, 5) is 0. The Kier molecular flexibility index (Phi) is 5.05. The topological polar surface area (TPSA) is 66.4 Å². The van der Waals surface area contributed by atoms with E-state index in [1.807, 2.05) is 0 Å². The highest BCUT2D eigenvalue weighted by Crippen LogP contribution is 2.14. The number of rotatable bonds is 6. The van der Waals surface area contributed by atoms with Crippen molar-refractivity contribution < 1.29 is 13.5 Å². The Labute approximate surface area is 100 Å². The molecule has 6 heteroatoms. The molecule has 0 saturated carbocycles. The molecular weight excluding hydrogens is 250 g/mol. The zero-order valence-corrected chi connectivity index (χ0v) is 10.3. The predicted octanol–water partition coefficient (Wildman–Crippen LogP) is 1.85. The van der Waals surface area contributed by atoms with Crippen LogP contribution in [0.1, 0.15) is 12.8 Å². The lowest BCUT2D eigenvalue weighted by Gasteiger charge is -2.07. The van der Waals surface area contributed by atoms with Crippen LogP contribution in [0.15, 0.2) is 24.3 Å². The van der Waals surface area contributed by atoms with Crippen molar-refractivity contribution in [1.82, 2.24) is 0 Å². The lowest BCUT2D eigenvalue weighted by molar-refractivity contribution is 0.287. The van der Waals surface area contributed by atoms with Crippen LogP contribution in [0.5, 0.6) is 0 Å². The number of hydrogen-bond donors (Lipinski definition) is 2. The van der Waals surface area contributed by atoms with Crippen LogP contribution in [0.2, 0.25) is 5.02 Å². The minimum atomic E-state index is -3.32. The van der Waals surface area contributed by atoms with E-state index in [9.17, 15) is 8.42 Å². The molecule has 0 unspecified atom stereocenters. The molecule has 0 amide bonds. The van der Waals surface area contributed by atoms with Crippen LogP contribution < -0.4 is 4.72 Å². The molecule has 0 heterocycles. The summed E-state index contributed by atoms with van der Waals surface area (Å²) in [6.07, 6.45) is 0.931. The van der Waals surface area contributed by atoms with Crippen LogP contribution in [0.25, 0.3) is 0 Å². The van der Waals surface area contributed by atoms with Gasteiger partial charge < -0.3 is 5.11 Å². The quantitative estimate of drug-likeness (QED) is 0.770. The van der Waals surface area contributed by atoms with Crippen molar-refractivity contribution in [2.75, 3.05) is 17.1 Å². The van der Waals surface area contributed by atoms with Gasteiger partial charge in [-0.15, -0.1) is 0 Å². The Bertz CT molecular complexity index is 416. The van der Waals surface area contributed by atoms with E-state index >= 15 is 0 Å². The summed E-state index contributed by atoms with van der Waals surface area (Å²) in [6, 6.07) is 6.44. The van der Waals surface area contributed by atoms with Crippen molar-refractivity contribution in [3.05, 3.63) is 29.3 Å². The molecule has 0 aliphatic carbocycles. The molecule has 1 aromatic rings. The number of aliphatic hydroxyl groups excluding tert-OH is 1. The van der Waals surface area contributed by atoms with Gasteiger partial charge in [0.25, 0.3) is 0 Å². The third-order valence-corrected chi connectivity index (χ3v) is 3.56. The van der Waals surface area contributed by atoms with E-state index in [-0.39, 0.29) is 12.4 Å². The summed E-state index contributed by atoms with van der Waals surface area (Å²) in [5, 5.41) is 9.11. The average molecular weight is 264 g/mol. The minimum Gasteiger partial charge on any atom is -0.396 e. The SMILES string of the molecule is O=S(=O)(CCCCO)Nc1ccc(Cl)cc1. The van der Waals surface area contributed by atoms with Gasteiger partial charge in [-0.3, -0.25) is 4.72 Å². The molecule has 0 saturated heterocycles. The zero-order valence-electron chi connectivity index (χ0n) is 8.69. The fourth-order valence-electron chi connectivity index (χ4n) is 1.15. The van der Waals surface area contributed by atoms with Crippen LogP contribution in [0.3, 0.4) is 0 Å². The fraction of sp³-hybridized carbons (Fsp3) is 0.400. The number of aliphatic hydroxyl groups is 1. The van der Waals surface area contributed by atoms with Crippen LogP contribution in [0, 0.1) is 0 Å². The van der Waals surface area contributed by atoms with Gasteiger partial charge in [0.1, 0.15) is 0 Å². The zero-order chi connectivity index (χ0) is 12.0. The van der Waals surface area contributed by atoms with Crippen molar-refractivity contribution >= 4 is 27.3 Å². The van der Waals surface area contributed by atoms with Crippen molar-refractivity contribution in [3.63, 3.8) is 0 Å². The molecule has 0 aliphatic rings. The Balaban J connectivity index is 2.55. The van der Waals surface area contributed by atoms with Gasteiger partial charge in [0, 0.05) is 17.3 Å². The molecule has 0 spiro atoms. The molecule has 0 aliphatic heterocycles. The summed E-state index contributed by atoms with van der Waals surface area (Å²) in [5.74, 6) is 0.0101. The van der Waals surface area contributed by atoms with E-state index < -0.39 is 10.0 Å². The summed E-state index contributed by atoms with van der Waals surface area (Å²) in [6.45, 7) is 0.0104. The molecule has 1 aromatic carbocycles. The first kappa shape index (κ1) is 13.3. The molecule has 0 aromatic heterocycles. The van der Waals surface area contributed by atoms with Crippen molar-refractivity contribution in [2.45, 2.75) is 12.8 Å². The molecular formula is C10H14ClNO3S. The molecule has 1 rings (SSSR count). The second-order valence-corrected chi connectivity index (χ2v) is 5.64. The largest absolute Gasteiger partial charge is 0.396 e. The Morgan fingerprint density at radius 2 is 1.81 bits per heavy atom. The Morgan fingerprint density at radius 1 is 1.19 bits per heavy atom. The lowest BCUT2D eigenvalue weighted by Crippen LogP contribution is -2.16. The number of benzene rings is 1. The van der Waals surface area contributed by atoms with E-state index in [1.54, 1.807) is 24.3 Å². The molecule has 16 heavy (non-hydrogen) atoms. The molecule has 4 nitrogen and oxygen atoms in total. The van der Waals surface area contributed by atoms with E-state index in [0.29, 0.717) is 23.6 Å². The second-order valence-electron chi connectivity index (χ2n) is 3.36. The number of hydrogen-bond acceptors (Lipinski definition) is 3. The first-order valence-electron chi connectivity index (χ1n) is 4.90. The van der Waals surface area contributed by atoms with E-state index in [2.05, 4.69) is 4.72 Å². The summed E-state index contributed by atoms with van der Waals surface area (Å²) in [5.41, 5.74) is 0.494. The Hall–Kier alpha value is -0.780. The Morgan fingerprint density at radius 3 is 2.38 bits per heavy atom. The van der Waals surface area contributed by atoms with Crippen LogP contribution in [-0.4, -0.2) is 25.9 Å². The molecule has 2 N–H and O–H groups in total. The number of halogens is 1. The van der Waals surface area contributed by atoms with Crippen LogP contribution >= 0.6 is 11.6 Å². The number of sulfonamides is 1. The van der Waals surface area contributed by atoms with Crippen molar-refractivity contribution in [3.8, 4) is 0 Å². The smallest absolute Gasteiger partial charge is 0.232 e. The highest BCUT2D eigenvalue weighted by atomic mass is 35.5. The molecule has 0 fully saturated rings. The van der Waals surface area contributed by atoms with E-state index in [4.69, 9.17) is 16.7 Å². The van der Waals surface area contributed by atoms with Crippen molar-refractivity contribution in [2.24, 2.45) is 0 Å². The summed E-state index contributed by atoms with van der Waals surface area (Å²) >= 11 is 5.68. The standard InChI is InChI=1S/C10H14ClNO3S/c11-9-3-5-10(6-4-9)12-16(14,15)8-2-1-7-13/h3-6,12-13H,1-2,7-8H2. The molecule has 0 bridgehead atoms. The molecule has 0 radical (unpaired) electrons. The summed E-state index contributed by atoms with van der Waals surface area (Å²) < 4.78 is 25.5. The molecule has 90 valence electrons. The third kappa shape index (κ3) is 4.83. The van der Waals surface area contributed by atoms with Gasteiger partial charge in [0.2, 0.25) is 10.0 Å². The van der Waals surface area contributed by atoms with Gasteiger partial charge in [0.05, 0.1) is 5.75 Å². The van der Waals surface area contributed by atoms with Gasteiger partial charge in [-0.1, -0.05) is 11.6 Å². The first-order chi connectivity index (χ1) is 7.53. The second kappa shape index (κ2) is 6.08. The fourth-order valence-corrected chi connectivity index (χ4v) is 2.46. The van der Waals surface area contributed by atoms with Gasteiger partial charge in [-0.2, -0.15) is 0 Å². The van der Waals surface area contributed by atoms with E-state index in [1.165, 1.54) is 0 Å². The van der Waals surface area contributed by atoms with Gasteiger partial charge >= 0.3 is 0 Å². The third-order valence-electron chi connectivity index (χ3n) is 1.94. The van der Waals surface area contributed by atoms with Gasteiger partial charge in [-0.05, 0) is 37.1 Å². The number of anilines is 1. The van der Waals surface area contributed by atoms with Gasteiger partial charge in [-0.25, -0.2) is 8.42 Å². The highest BCUT2D eigenvalue weighted by molar-refractivity contribution is 7.92. The van der Waals surface area contributed by atoms with Crippen molar-refractivity contribution in [1.29, 1.82) is 0 Å². The van der Waals surface area contributed by atoms with Crippen LogP contribution in [0.4, 0.5) is 5.69 Å². The lowest BCUT2D eigenvalue weighted by atomic mass is 10.3. The predicted molar refractivity (Wildman–Crippen MR) is 65.2 cm³/mol. The average Bonchev–Trinajstić information content (AvgIpc) is 2.21. The first-order valence-corrected chi connectivity index (χ1v) is 6.93. The number of unbranched alkanes of at least 4 members (excludes halogenated alkanes) is 1. The maximum atomic E-state index is 11.5. The summed E-state index contributed by atoms with van der Waals surface area (Å²) in [7, 11) is -3.32. The monoisotopic (exact) mass is 263 g/mol. The maximum Gasteiger partial charge on any atom is 0.232 e. The van der Waals surface area contributed by atoms with Crippen LogP contribution in [-0.2, 0) is 10.0 Å². The molecule has 0 atom stereocenters. The normalized spacial score (nSPS) is 11.4. The maximum absolute atomic E-state index is 11.5. The highest BCUT2D eigenvalue weighted by Gasteiger charge is 2.09.